The van der Waals surface area contributed by atoms with Gasteiger partial charge in [-0.05, 0) is 43.5 Å². The minimum Gasteiger partial charge on any atom is -0.376 e. The van der Waals surface area contributed by atoms with E-state index in [-0.39, 0.29) is 11.0 Å². The minimum atomic E-state index is -3.61. The van der Waals surface area contributed by atoms with Crippen LogP contribution in [0.25, 0.3) is 0 Å². The van der Waals surface area contributed by atoms with E-state index in [2.05, 4.69) is 25.8 Å². The maximum Gasteiger partial charge on any atom is 0.261 e. The summed E-state index contributed by atoms with van der Waals surface area (Å²) < 4.78 is 35.4. The Kier molecular flexibility index (Phi) is 5.03. The summed E-state index contributed by atoms with van der Waals surface area (Å²) in [5.41, 5.74) is 0.448. The topological polar surface area (TPSA) is 73.2 Å². The van der Waals surface area contributed by atoms with Crippen molar-refractivity contribution in [3.63, 3.8) is 0 Å². The largest absolute Gasteiger partial charge is 0.376 e. The van der Waals surface area contributed by atoms with Crippen LogP contribution in [0.2, 0.25) is 0 Å². The van der Waals surface area contributed by atoms with Crippen molar-refractivity contribution < 1.29 is 13.2 Å². The molecule has 124 valence electrons. The quantitative estimate of drug-likeness (QED) is 0.838. The summed E-state index contributed by atoms with van der Waals surface area (Å²) in [6.45, 7) is 1.43. The van der Waals surface area contributed by atoms with Gasteiger partial charge in [0.15, 0.2) is 0 Å². The number of hydrogen-bond acceptors (Lipinski definition) is 4. The third-order valence-electron chi connectivity index (χ3n) is 3.67. The third kappa shape index (κ3) is 4.33. The molecule has 0 amide bonds. The Balaban J connectivity index is 1.67. The summed E-state index contributed by atoms with van der Waals surface area (Å²) in [6, 6.07) is 6.48. The maximum absolute atomic E-state index is 12.3. The maximum atomic E-state index is 12.3. The normalized spacial score (nSPS) is 18.7. The van der Waals surface area contributed by atoms with E-state index in [1.165, 1.54) is 6.20 Å². The lowest BCUT2D eigenvalue weighted by Gasteiger charge is -2.22. The molecule has 1 N–H and O–H groups in total. The SMILES string of the molecule is O=S(=O)(Nc1cnn(CC2CCCCO2)c1)c1ccc(Br)cc1. The van der Waals surface area contributed by atoms with E-state index >= 15 is 0 Å². The van der Waals surface area contributed by atoms with Crippen LogP contribution in [-0.2, 0) is 21.3 Å². The zero-order chi connectivity index (χ0) is 16.3. The number of sulfonamides is 1. The zero-order valence-corrected chi connectivity index (χ0v) is 14.9. The van der Waals surface area contributed by atoms with Crippen LogP contribution in [0.5, 0.6) is 0 Å². The van der Waals surface area contributed by atoms with Gasteiger partial charge in [-0.1, -0.05) is 15.9 Å². The Hall–Kier alpha value is -1.38. The first-order chi connectivity index (χ1) is 11.0. The molecule has 0 bridgehead atoms. The van der Waals surface area contributed by atoms with Gasteiger partial charge in [0.05, 0.1) is 29.4 Å². The fraction of sp³-hybridized carbons (Fsp3) is 0.400. The monoisotopic (exact) mass is 399 g/mol. The van der Waals surface area contributed by atoms with Gasteiger partial charge in [-0.3, -0.25) is 9.40 Å². The molecule has 3 rings (SSSR count). The second kappa shape index (κ2) is 7.02. The molecule has 1 fully saturated rings. The zero-order valence-electron chi connectivity index (χ0n) is 12.5. The van der Waals surface area contributed by atoms with Crippen molar-refractivity contribution in [1.29, 1.82) is 0 Å². The molecule has 1 unspecified atom stereocenters. The number of halogens is 1. The predicted octanol–water partition coefficient (Wildman–Crippen LogP) is 3.02. The van der Waals surface area contributed by atoms with Crippen molar-refractivity contribution in [3.05, 3.63) is 41.1 Å². The van der Waals surface area contributed by atoms with Gasteiger partial charge in [0.2, 0.25) is 0 Å². The van der Waals surface area contributed by atoms with Gasteiger partial charge >= 0.3 is 0 Å². The fourth-order valence-corrected chi connectivity index (χ4v) is 3.80. The molecule has 1 aliphatic rings. The molecule has 6 nitrogen and oxygen atoms in total. The van der Waals surface area contributed by atoms with Crippen LogP contribution in [0.3, 0.4) is 0 Å². The number of benzene rings is 1. The number of ether oxygens (including phenoxy) is 1. The van der Waals surface area contributed by atoms with E-state index < -0.39 is 10.0 Å². The Morgan fingerprint density at radius 2 is 2.09 bits per heavy atom. The summed E-state index contributed by atoms with van der Waals surface area (Å²) >= 11 is 3.29. The molecular formula is C15H18BrN3O3S. The first-order valence-corrected chi connectivity index (χ1v) is 9.73. The molecule has 1 aromatic carbocycles. The molecule has 0 aliphatic carbocycles. The first-order valence-electron chi connectivity index (χ1n) is 7.45. The number of rotatable bonds is 5. The van der Waals surface area contributed by atoms with Gasteiger partial charge < -0.3 is 4.74 Å². The highest BCUT2D eigenvalue weighted by molar-refractivity contribution is 9.10. The Morgan fingerprint density at radius 1 is 1.30 bits per heavy atom. The lowest BCUT2D eigenvalue weighted by atomic mass is 10.1. The summed E-state index contributed by atoms with van der Waals surface area (Å²) in [5.74, 6) is 0. The van der Waals surface area contributed by atoms with Gasteiger partial charge in [-0.25, -0.2) is 8.42 Å². The van der Waals surface area contributed by atoms with Crippen molar-refractivity contribution in [1.82, 2.24) is 9.78 Å². The average Bonchev–Trinajstić information content (AvgIpc) is 2.95. The highest BCUT2D eigenvalue weighted by atomic mass is 79.9. The van der Waals surface area contributed by atoms with Gasteiger partial charge in [-0.15, -0.1) is 0 Å². The van der Waals surface area contributed by atoms with E-state index in [1.54, 1.807) is 35.1 Å². The van der Waals surface area contributed by atoms with Crippen molar-refractivity contribution in [2.45, 2.75) is 36.8 Å². The van der Waals surface area contributed by atoms with Gasteiger partial charge in [0, 0.05) is 17.3 Å². The lowest BCUT2D eigenvalue weighted by Crippen LogP contribution is -2.24. The molecule has 2 aromatic rings. The van der Waals surface area contributed by atoms with Crippen LogP contribution < -0.4 is 4.72 Å². The number of nitrogens with one attached hydrogen (secondary N) is 1. The van der Waals surface area contributed by atoms with Crippen LogP contribution >= 0.6 is 15.9 Å². The highest BCUT2D eigenvalue weighted by Gasteiger charge is 2.17. The van der Waals surface area contributed by atoms with E-state index in [0.29, 0.717) is 12.2 Å². The highest BCUT2D eigenvalue weighted by Crippen LogP contribution is 2.19. The van der Waals surface area contributed by atoms with Crippen molar-refractivity contribution in [2.75, 3.05) is 11.3 Å². The molecule has 1 atom stereocenters. The smallest absolute Gasteiger partial charge is 0.261 e. The van der Waals surface area contributed by atoms with E-state index in [0.717, 1.165) is 30.3 Å². The van der Waals surface area contributed by atoms with Crippen LogP contribution in [0, 0.1) is 0 Å². The van der Waals surface area contributed by atoms with Crippen LogP contribution in [0.1, 0.15) is 19.3 Å². The lowest BCUT2D eigenvalue weighted by molar-refractivity contribution is 0.00401. The summed E-state index contributed by atoms with van der Waals surface area (Å²) in [5, 5.41) is 4.20. The molecule has 0 radical (unpaired) electrons. The fourth-order valence-electron chi connectivity index (χ4n) is 2.50. The first kappa shape index (κ1) is 16.5. The average molecular weight is 400 g/mol. The third-order valence-corrected chi connectivity index (χ3v) is 5.60. The predicted molar refractivity (Wildman–Crippen MR) is 90.8 cm³/mol. The van der Waals surface area contributed by atoms with Crippen LogP contribution in [-0.4, -0.2) is 30.9 Å². The van der Waals surface area contributed by atoms with Gasteiger partial charge in [0.1, 0.15) is 0 Å². The van der Waals surface area contributed by atoms with Gasteiger partial charge in [0.25, 0.3) is 10.0 Å². The number of hydrogen-bond donors (Lipinski definition) is 1. The molecule has 0 spiro atoms. The molecule has 1 saturated heterocycles. The van der Waals surface area contributed by atoms with Crippen molar-refractivity contribution in [3.8, 4) is 0 Å². The molecule has 0 saturated carbocycles. The molecule has 1 aromatic heterocycles. The molecular weight excluding hydrogens is 382 g/mol. The van der Waals surface area contributed by atoms with Crippen LogP contribution in [0.15, 0.2) is 46.0 Å². The van der Waals surface area contributed by atoms with E-state index in [1.807, 2.05) is 0 Å². The summed E-state index contributed by atoms with van der Waals surface area (Å²) in [7, 11) is -3.61. The summed E-state index contributed by atoms with van der Waals surface area (Å²) in [6.07, 6.45) is 6.63. The standard InChI is InChI=1S/C15H18BrN3O3S/c16-12-4-6-15(7-5-12)23(20,21)18-13-9-17-19(10-13)11-14-3-1-2-8-22-14/h4-7,9-10,14,18H,1-3,8,11H2. The van der Waals surface area contributed by atoms with Crippen LogP contribution in [0.4, 0.5) is 5.69 Å². The van der Waals surface area contributed by atoms with Crippen molar-refractivity contribution in [2.24, 2.45) is 0 Å². The van der Waals surface area contributed by atoms with Gasteiger partial charge in [-0.2, -0.15) is 5.10 Å². The summed E-state index contributed by atoms with van der Waals surface area (Å²) in [4.78, 5) is 0.212. The second-order valence-electron chi connectivity index (χ2n) is 5.50. The minimum absolute atomic E-state index is 0.152. The molecule has 23 heavy (non-hydrogen) atoms. The number of nitrogens with zero attached hydrogens (tertiary/aromatic N) is 2. The second-order valence-corrected chi connectivity index (χ2v) is 8.10. The molecule has 1 aliphatic heterocycles. The number of aromatic nitrogens is 2. The van der Waals surface area contributed by atoms with Crippen molar-refractivity contribution >= 4 is 31.6 Å². The Bertz CT molecular complexity index is 753. The van der Waals surface area contributed by atoms with E-state index in [9.17, 15) is 8.42 Å². The molecule has 2 heterocycles. The van der Waals surface area contributed by atoms with E-state index in [4.69, 9.17) is 4.74 Å². The Morgan fingerprint density at radius 3 is 2.78 bits per heavy atom. The Labute approximate surface area is 144 Å². The number of anilines is 1. The molecule has 8 heteroatoms.